The van der Waals surface area contributed by atoms with E-state index in [9.17, 15) is 0 Å². The van der Waals surface area contributed by atoms with Crippen LogP contribution in [0.15, 0.2) is 0 Å². The molecule has 2 nitrogen and oxygen atoms in total. The monoisotopic (exact) mass is 115 g/mol. The zero-order valence-corrected chi connectivity index (χ0v) is 5.19. The molecule has 0 aromatic rings. The highest BCUT2D eigenvalue weighted by Gasteiger charge is 2.00. The first kappa shape index (κ1) is 4.77. The summed E-state index contributed by atoms with van der Waals surface area (Å²) in [7, 11) is 0.460. The minimum atomic E-state index is 0.460. The van der Waals surface area contributed by atoms with E-state index in [2.05, 4.69) is 10.2 Å². The highest BCUT2D eigenvalue weighted by atomic mass is 15.1. The van der Waals surface area contributed by atoms with Gasteiger partial charge in [-0.1, -0.05) is 0 Å². The molecule has 0 atom stereocenters. The van der Waals surface area contributed by atoms with Crippen LogP contribution in [0.3, 0.4) is 0 Å². The fraction of sp³-hybridized carbons (Fsp3) is 1.00. The van der Waals surface area contributed by atoms with Gasteiger partial charge in [0.1, 0.15) is 0 Å². The van der Waals surface area contributed by atoms with Gasteiger partial charge >= 0.3 is 0 Å². The molecule has 0 aromatic carbocycles. The summed E-state index contributed by atoms with van der Waals surface area (Å²) >= 11 is 0. The van der Waals surface area contributed by atoms with E-state index in [1.54, 1.807) is 0 Å². The summed E-state index contributed by atoms with van der Waals surface area (Å²) in [4.78, 5) is 2.15. The van der Waals surface area contributed by atoms with Crippen molar-refractivity contribution in [1.82, 2.24) is 10.2 Å². The van der Waals surface area contributed by atoms with Crippen LogP contribution in [0.4, 0.5) is 0 Å². The molecule has 1 heterocycles. The number of hydrogen-bond donors (Lipinski definition) is 1. The molecule has 1 aliphatic rings. The zero-order valence-electron chi connectivity index (χ0n) is 6.19. The van der Waals surface area contributed by atoms with Crippen molar-refractivity contribution in [1.29, 1.82) is 0 Å². The Kier molecular flexibility index (Phi) is 1.82. The first-order valence-electron chi connectivity index (χ1n) is 3.86. The van der Waals surface area contributed by atoms with Crippen molar-refractivity contribution < 1.29 is 1.37 Å². The molecule has 0 bridgehead atoms. The van der Waals surface area contributed by atoms with Gasteiger partial charge in [0, 0.05) is 14.5 Å². The maximum absolute atomic E-state index is 7.09. The van der Waals surface area contributed by atoms with Crippen LogP contribution in [0, 0.1) is 0 Å². The lowest BCUT2D eigenvalue weighted by atomic mass is 10.4. The van der Waals surface area contributed by atoms with Crippen LogP contribution in [0.25, 0.3) is 0 Å². The van der Waals surface area contributed by atoms with Crippen molar-refractivity contribution in [2.75, 3.05) is 33.2 Å². The lowest BCUT2D eigenvalue weighted by Gasteiger charge is -2.09. The Morgan fingerprint density at radius 3 is 3.38 bits per heavy atom. The van der Waals surface area contributed by atoms with Crippen LogP contribution < -0.4 is 5.32 Å². The van der Waals surface area contributed by atoms with Gasteiger partial charge in [-0.25, -0.2) is 0 Å². The Balaban J connectivity index is 2.18. The Morgan fingerprint density at radius 1 is 1.50 bits per heavy atom. The van der Waals surface area contributed by atoms with Crippen molar-refractivity contribution in [2.24, 2.45) is 0 Å². The highest BCUT2D eigenvalue weighted by Crippen LogP contribution is 1.88. The maximum Gasteiger partial charge on any atom is 0.0394 e. The second kappa shape index (κ2) is 3.05. The summed E-state index contributed by atoms with van der Waals surface area (Å²) in [6.07, 6.45) is 1.19. The molecule has 0 amide bonds. The molecule has 0 radical (unpaired) electrons. The number of likely N-dealkylation sites (N-methyl/N-ethyl adjacent to an activating group) is 1. The van der Waals surface area contributed by atoms with Crippen LogP contribution in [0.5, 0.6) is 0 Å². The van der Waals surface area contributed by atoms with E-state index in [-0.39, 0.29) is 0 Å². The molecular weight excluding hydrogens is 100 g/mol. The van der Waals surface area contributed by atoms with Crippen molar-refractivity contribution >= 4 is 0 Å². The quantitative estimate of drug-likeness (QED) is 0.474. The molecule has 8 heavy (non-hydrogen) atoms. The first-order valence-corrected chi connectivity index (χ1v) is 3.16. The van der Waals surface area contributed by atoms with Gasteiger partial charge in [0.15, 0.2) is 0 Å². The summed E-state index contributed by atoms with van der Waals surface area (Å²) in [6, 6.07) is 0. The smallest absolute Gasteiger partial charge is 0.0394 e. The summed E-state index contributed by atoms with van der Waals surface area (Å²) in [6.45, 7) is 4.31. The zero-order chi connectivity index (χ0) is 6.53. The van der Waals surface area contributed by atoms with Gasteiger partial charge in [0.2, 0.25) is 0 Å². The Morgan fingerprint density at radius 2 is 2.50 bits per heavy atom. The van der Waals surface area contributed by atoms with Crippen molar-refractivity contribution in [3.05, 3.63) is 0 Å². The lowest BCUT2D eigenvalue weighted by molar-refractivity contribution is 0.358. The molecule has 0 saturated carbocycles. The third kappa shape index (κ3) is 1.80. The fourth-order valence-corrected chi connectivity index (χ4v) is 0.902. The van der Waals surface area contributed by atoms with Crippen LogP contribution in [-0.2, 0) is 0 Å². The lowest BCUT2D eigenvalue weighted by Crippen LogP contribution is -2.23. The van der Waals surface area contributed by atoms with Crippen LogP contribution in [0.1, 0.15) is 7.79 Å². The molecule has 1 rings (SSSR count). The van der Waals surface area contributed by atoms with E-state index in [1.165, 1.54) is 6.42 Å². The predicted octanol–water partition coefficient (Wildman–Crippen LogP) is -0.0885. The maximum atomic E-state index is 7.09. The van der Waals surface area contributed by atoms with Gasteiger partial charge in [-0.05, 0) is 26.5 Å². The first-order chi connectivity index (χ1) is 4.43. The molecule has 0 aromatic heterocycles. The normalized spacial score (nSPS) is 26.8. The van der Waals surface area contributed by atoms with Gasteiger partial charge < -0.3 is 10.2 Å². The Hall–Kier alpha value is -0.0800. The number of nitrogens with zero attached hydrogens (tertiary/aromatic N) is 1. The SMILES string of the molecule is [2H]CN1CCCNCC1. The molecule has 1 aliphatic heterocycles. The molecule has 0 unspecified atom stereocenters. The van der Waals surface area contributed by atoms with E-state index in [0.717, 1.165) is 26.2 Å². The Labute approximate surface area is 52.3 Å². The van der Waals surface area contributed by atoms with E-state index >= 15 is 0 Å². The summed E-state index contributed by atoms with van der Waals surface area (Å²) in [5.41, 5.74) is 0. The molecule has 1 saturated heterocycles. The standard InChI is InChI=1S/C6H14N2/c1-8-5-2-3-7-4-6-8/h7H,2-6H2,1H3/i1D. The van der Waals surface area contributed by atoms with Crippen molar-refractivity contribution in [3.8, 4) is 0 Å². The van der Waals surface area contributed by atoms with Crippen LogP contribution in [0.2, 0.25) is 0 Å². The molecule has 0 aliphatic carbocycles. The van der Waals surface area contributed by atoms with E-state index in [0.29, 0.717) is 7.02 Å². The molecule has 1 fully saturated rings. The van der Waals surface area contributed by atoms with E-state index in [1.807, 2.05) is 0 Å². The average Bonchev–Trinajstić information content (AvgIpc) is 2.13. The topological polar surface area (TPSA) is 15.3 Å². The van der Waals surface area contributed by atoms with Crippen molar-refractivity contribution in [3.63, 3.8) is 0 Å². The minimum absolute atomic E-state index is 0.460. The highest BCUT2D eigenvalue weighted by molar-refractivity contribution is 4.60. The predicted molar refractivity (Wildman–Crippen MR) is 35.0 cm³/mol. The van der Waals surface area contributed by atoms with Gasteiger partial charge in [-0.3, -0.25) is 0 Å². The summed E-state index contributed by atoms with van der Waals surface area (Å²) < 4.78 is 7.09. The molecule has 2 heteroatoms. The van der Waals surface area contributed by atoms with Gasteiger partial charge in [0.05, 0.1) is 0 Å². The van der Waals surface area contributed by atoms with Gasteiger partial charge in [-0.15, -0.1) is 0 Å². The van der Waals surface area contributed by atoms with Crippen LogP contribution >= 0.6 is 0 Å². The van der Waals surface area contributed by atoms with E-state index < -0.39 is 0 Å². The number of rotatable bonds is 0. The molecular formula is C6H14N2. The summed E-state index contributed by atoms with van der Waals surface area (Å²) in [5, 5.41) is 3.29. The average molecular weight is 115 g/mol. The van der Waals surface area contributed by atoms with Gasteiger partial charge in [-0.2, -0.15) is 0 Å². The van der Waals surface area contributed by atoms with Gasteiger partial charge in [0.25, 0.3) is 0 Å². The van der Waals surface area contributed by atoms with Crippen molar-refractivity contribution in [2.45, 2.75) is 6.42 Å². The summed E-state index contributed by atoms with van der Waals surface area (Å²) in [5.74, 6) is 0. The minimum Gasteiger partial charge on any atom is -0.315 e. The third-order valence-electron chi connectivity index (χ3n) is 1.43. The molecule has 1 N–H and O–H groups in total. The fourth-order valence-electron chi connectivity index (χ4n) is 0.902. The third-order valence-corrected chi connectivity index (χ3v) is 1.43. The number of nitrogens with one attached hydrogen (secondary N) is 1. The van der Waals surface area contributed by atoms with E-state index in [4.69, 9.17) is 1.37 Å². The molecule has 0 spiro atoms. The largest absolute Gasteiger partial charge is 0.315 e. The molecule has 48 valence electrons. The second-order valence-electron chi connectivity index (χ2n) is 2.22. The van der Waals surface area contributed by atoms with Crippen LogP contribution in [-0.4, -0.2) is 38.1 Å². The number of hydrogen-bond acceptors (Lipinski definition) is 2. The second-order valence-corrected chi connectivity index (χ2v) is 2.22. The Bertz CT molecular complexity index is 69.5.